The van der Waals surface area contributed by atoms with Crippen LogP contribution in [-0.2, 0) is 0 Å². The smallest absolute Gasteiger partial charge is 0.266 e. The SMILES string of the molecule is COc1cccc(N2C(=O)c3ccc(Sc4ccc5c(c4)C(=O)N(c4cccc(OC)c4)C5=O)cc3C2=O)c1. The third-order valence-corrected chi connectivity index (χ3v) is 7.55. The zero-order chi connectivity index (χ0) is 27.3. The van der Waals surface area contributed by atoms with Gasteiger partial charge >= 0.3 is 0 Å². The maximum absolute atomic E-state index is 13.2. The van der Waals surface area contributed by atoms with Crippen LogP contribution >= 0.6 is 11.8 Å². The van der Waals surface area contributed by atoms with Crippen LogP contribution in [0.5, 0.6) is 11.5 Å². The number of carbonyl (C=O) groups is 4. The first-order valence-corrected chi connectivity index (χ1v) is 12.7. The Morgan fingerprint density at radius 1 is 0.513 bits per heavy atom. The lowest BCUT2D eigenvalue weighted by Crippen LogP contribution is -2.29. The first-order valence-electron chi connectivity index (χ1n) is 11.9. The van der Waals surface area contributed by atoms with Crippen LogP contribution < -0.4 is 19.3 Å². The van der Waals surface area contributed by atoms with E-state index in [1.165, 1.54) is 26.0 Å². The van der Waals surface area contributed by atoms with Gasteiger partial charge in [-0.3, -0.25) is 19.2 Å². The molecule has 0 saturated carbocycles. The second-order valence-electron chi connectivity index (χ2n) is 8.81. The molecule has 8 nitrogen and oxygen atoms in total. The van der Waals surface area contributed by atoms with Gasteiger partial charge in [-0.05, 0) is 60.7 Å². The summed E-state index contributed by atoms with van der Waals surface area (Å²) in [6.45, 7) is 0. The molecule has 4 aromatic carbocycles. The number of nitrogens with zero attached hydrogens (tertiary/aromatic N) is 2. The second kappa shape index (κ2) is 9.45. The normalized spacial score (nSPS) is 14.1. The van der Waals surface area contributed by atoms with Gasteiger partial charge in [0, 0.05) is 21.9 Å². The van der Waals surface area contributed by atoms with E-state index >= 15 is 0 Å². The number of methoxy groups -OCH3 is 2. The third-order valence-electron chi connectivity index (χ3n) is 6.57. The predicted octanol–water partition coefficient (Wildman–Crippen LogP) is 5.46. The fourth-order valence-corrected chi connectivity index (χ4v) is 5.57. The number of imide groups is 2. The van der Waals surface area contributed by atoms with Gasteiger partial charge in [0.1, 0.15) is 11.5 Å². The fourth-order valence-electron chi connectivity index (χ4n) is 4.67. The van der Waals surface area contributed by atoms with Crippen molar-refractivity contribution < 1.29 is 28.7 Å². The molecule has 4 amide bonds. The molecule has 0 radical (unpaired) electrons. The van der Waals surface area contributed by atoms with Crippen molar-refractivity contribution in [1.82, 2.24) is 0 Å². The number of fused-ring (bicyclic) bond motifs is 2. The summed E-state index contributed by atoms with van der Waals surface area (Å²) in [6.07, 6.45) is 0. The molecule has 4 aromatic rings. The molecule has 2 aliphatic rings. The van der Waals surface area contributed by atoms with Crippen LogP contribution in [0, 0.1) is 0 Å². The Labute approximate surface area is 227 Å². The highest BCUT2D eigenvalue weighted by molar-refractivity contribution is 7.99. The zero-order valence-electron chi connectivity index (χ0n) is 20.8. The van der Waals surface area contributed by atoms with E-state index in [2.05, 4.69) is 0 Å². The van der Waals surface area contributed by atoms with E-state index in [4.69, 9.17) is 9.47 Å². The van der Waals surface area contributed by atoms with Crippen LogP contribution in [0.4, 0.5) is 11.4 Å². The van der Waals surface area contributed by atoms with E-state index < -0.39 is 23.6 Å². The molecule has 0 fully saturated rings. The van der Waals surface area contributed by atoms with Crippen molar-refractivity contribution in [3.8, 4) is 11.5 Å². The highest BCUT2D eigenvalue weighted by atomic mass is 32.2. The topological polar surface area (TPSA) is 93.2 Å². The monoisotopic (exact) mass is 536 g/mol. The Morgan fingerprint density at radius 3 is 1.33 bits per heavy atom. The van der Waals surface area contributed by atoms with Gasteiger partial charge in [0.15, 0.2) is 0 Å². The zero-order valence-corrected chi connectivity index (χ0v) is 21.7. The summed E-state index contributed by atoms with van der Waals surface area (Å²) in [5, 5.41) is 0. The standard InChI is InChI=1S/C30H20N2O6S/c1-37-19-7-3-5-17(13-19)31-27(33)23-11-9-21(15-25(23)29(31)35)39-22-10-12-24-26(16-22)30(36)32(28(24)34)18-6-4-8-20(14-18)38-2/h3-16H,1-2H3. The summed E-state index contributed by atoms with van der Waals surface area (Å²) in [5.74, 6) is -0.577. The van der Waals surface area contributed by atoms with Crippen LogP contribution in [0.25, 0.3) is 0 Å². The molecular weight excluding hydrogens is 516 g/mol. The third kappa shape index (κ3) is 4.04. The molecule has 0 aliphatic carbocycles. The van der Waals surface area contributed by atoms with Crippen molar-refractivity contribution in [2.45, 2.75) is 9.79 Å². The first kappa shape index (κ1) is 24.4. The lowest BCUT2D eigenvalue weighted by atomic mass is 10.1. The molecule has 0 aromatic heterocycles. The van der Waals surface area contributed by atoms with Crippen LogP contribution in [0.1, 0.15) is 41.4 Å². The molecule has 39 heavy (non-hydrogen) atoms. The average molecular weight is 537 g/mol. The van der Waals surface area contributed by atoms with Gasteiger partial charge in [0.05, 0.1) is 47.8 Å². The Balaban J connectivity index is 1.27. The summed E-state index contributed by atoms with van der Waals surface area (Å²) in [4.78, 5) is 56.2. The lowest BCUT2D eigenvalue weighted by molar-refractivity contribution is 0.0910. The maximum atomic E-state index is 13.2. The van der Waals surface area contributed by atoms with Gasteiger partial charge in [-0.1, -0.05) is 23.9 Å². The minimum absolute atomic E-state index is 0.296. The van der Waals surface area contributed by atoms with E-state index in [-0.39, 0.29) is 0 Å². The van der Waals surface area contributed by atoms with Crippen molar-refractivity contribution >= 4 is 46.8 Å². The largest absolute Gasteiger partial charge is 0.497 e. The van der Waals surface area contributed by atoms with E-state index in [1.807, 2.05) is 0 Å². The molecule has 0 unspecified atom stereocenters. The van der Waals surface area contributed by atoms with Crippen molar-refractivity contribution in [2.24, 2.45) is 0 Å². The second-order valence-corrected chi connectivity index (χ2v) is 9.96. The summed E-state index contributed by atoms with van der Waals surface area (Å²) in [7, 11) is 3.04. The number of hydrogen-bond donors (Lipinski definition) is 0. The van der Waals surface area contributed by atoms with Crippen molar-refractivity contribution in [3.63, 3.8) is 0 Å². The van der Waals surface area contributed by atoms with Crippen LogP contribution in [0.2, 0.25) is 0 Å². The molecule has 192 valence electrons. The Kier molecular flexibility index (Phi) is 5.92. The quantitative estimate of drug-likeness (QED) is 0.302. The molecule has 0 bridgehead atoms. The molecule has 2 heterocycles. The van der Waals surface area contributed by atoms with Gasteiger partial charge in [-0.25, -0.2) is 9.80 Å². The number of amides is 4. The number of rotatable bonds is 6. The van der Waals surface area contributed by atoms with Gasteiger partial charge in [-0.2, -0.15) is 0 Å². The highest BCUT2D eigenvalue weighted by Crippen LogP contribution is 2.37. The molecular formula is C30H20N2O6S. The Hall–Kier alpha value is -4.89. The number of anilines is 2. The average Bonchev–Trinajstić information content (AvgIpc) is 3.36. The minimum Gasteiger partial charge on any atom is -0.497 e. The van der Waals surface area contributed by atoms with Crippen LogP contribution in [-0.4, -0.2) is 37.8 Å². The Bertz CT molecular complexity index is 1590. The maximum Gasteiger partial charge on any atom is 0.266 e. The lowest BCUT2D eigenvalue weighted by Gasteiger charge is -2.14. The first-order chi connectivity index (χ1) is 18.9. The number of ether oxygens (including phenoxy) is 2. The number of benzene rings is 4. The molecule has 0 spiro atoms. The fraction of sp³-hybridized carbons (Fsp3) is 0.0667. The van der Waals surface area contributed by atoms with Crippen molar-refractivity contribution in [3.05, 3.63) is 107 Å². The molecule has 0 N–H and O–H groups in total. The number of carbonyl (C=O) groups excluding carboxylic acids is 4. The molecule has 0 atom stereocenters. The summed E-state index contributed by atoms with van der Waals surface area (Å²) >= 11 is 1.33. The molecule has 6 rings (SSSR count). The molecule has 9 heteroatoms. The minimum atomic E-state index is -0.422. The van der Waals surface area contributed by atoms with E-state index in [1.54, 1.807) is 84.9 Å². The van der Waals surface area contributed by atoms with E-state index in [0.717, 1.165) is 9.80 Å². The van der Waals surface area contributed by atoms with Gasteiger partial charge < -0.3 is 9.47 Å². The van der Waals surface area contributed by atoms with E-state index in [0.29, 0.717) is 54.9 Å². The van der Waals surface area contributed by atoms with E-state index in [9.17, 15) is 19.2 Å². The summed E-state index contributed by atoms with van der Waals surface area (Å²) in [6, 6.07) is 23.6. The summed E-state index contributed by atoms with van der Waals surface area (Å²) < 4.78 is 10.5. The summed E-state index contributed by atoms with van der Waals surface area (Å²) in [5.41, 5.74) is 2.08. The van der Waals surface area contributed by atoms with Crippen LogP contribution in [0.3, 0.4) is 0 Å². The van der Waals surface area contributed by atoms with Gasteiger partial charge in [0.2, 0.25) is 0 Å². The van der Waals surface area contributed by atoms with Gasteiger partial charge in [0.25, 0.3) is 23.6 Å². The predicted molar refractivity (Wildman–Crippen MR) is 145 cm³/mol. The van der Waals surface area contributed by atoms with Gasteiger partial charge in [-0.15, -0.1) is 0 Å². The molecule has 0 saturated heterocycles. The van der Waals surface area contributed by atoms with Crippen molar-refractivity contribution in [1.29, 1.82) is 0 Å². The number of hydrogen-bond acceptors (Lipinski definition) is 7. The Morgan fingerprint density at radius 2 is 0.923 bits per heavy atom. The van der Waals surface area contributed by atoms with Crippen LogP contribution in [0.15, 0.2) is 94.7 Å². The van der Waals surface area contributed by atoms with Crippen molar-refractivity contribution in [2.75, 3.05) is 24.0 Å². The molecule has 2 aliphatic heterocycles. The highest BCUT2D eigenvalue weighted by Gasteiger charge is 2.38.